The van der Waals surface area contributed by atoms with E-state index >= 15 is 0 Å². The topological polar surface area (TPSA) is 38.6 Å². The molecular weight excluding hydrogens is 246 g/mol. The summed E-state index contributed by atoms with van der Waals surface area (Å²) < 4.78 is 7.75. The van der Waals surface area contributed by atoms with E-state index in [0.717, 1.165) is 23.0 Å². The van der Waals surface area contributed by atoms with E-state index in [1.165, 1.54) is 12.8 Å². The quantitative estimate of drug-likeness (QED) is 0.867. The number of methoxy groups -OCH3 is 1. The van der Waals surface area contributed by atoms with Crippen molar-refractivity contribution in [3.8, 4) is 0 Å². The molecule has 0 radical (unpaired) electrons. The van der Waals surface area contributed by atoms with Gasteiger partial charge in [0.15, 0.2) is 4.96 Å². The Morgan fingerprint density at radius 1 is 1.61 bits per heavy atom. The van der Waals surface area contributed by atoms with Gasteiger partial charge in [0.2, 0.25) is 0 Å². The maximum atomic E-state index is 5.66. The Morgan fingerprint density at radius 3 is 3.06 bits per heavy atom. The number of ether oxygens (including phenoxy) is 1. The molecule has 0 bridgehead atoms. The lowest BCUT2D eigenvalue weighted by molar-refractivity contribution is 0.0532. The van der Waals surface area contributed by atoms with Crippen LogP contribution in [0, 0.1) is 5.92 Å². The molecule has 2 aromatic rings. The SMILES string of the molecule is CNC(Cc1cn2ccsc2n1)C(OC)C1CC1. The third-order valence-electron chi connectivity index (χ3n) is 3.70. The number of thiazole rings is 1. The zero-order valence-electron chi connectivity index (χ0n) is 10.8. The summed E-state index contributed by atoms with van der Waals surface area (Å²) in [4.78, 5) is 5.71. The molecule has 2 heterocycles. The maximum Gasteiger partial charge on any atom is 0.193 e. The molecule has 5 heteroatoms. The third kappa shape index (κ3) is 2.30. The van der Waals surface area contributed by atoms with Gasteiger partial charge in [-0.1, -0.05) is 0 Å². The van der Waals surface area contributed by atoms with Crippen molar-refractivity contribution in [3.63, 3.8) is 0 Å². The fraction of sp³-hybridized carbons (Fsp3) is 0.615. The molecule has 2 unspecified atom stereocenters. The smallest absolute Gasteiger partial charge is 0.193 e. The van der Waals surface area contributed by atoms with Crippen molar-refractivity contribution in [3.05, 3.63) is 23.5 Å². The van der Waals surface area contributed by atoms with Crippen molar-refractivity contribution in [1.82, 2.24) is 14.7 Å². The Balaban J connectivity index is 1.74. The highest BCUT2D eigenvalue weighted by molar-refractivity contribution is 7.15. The average molecular weight is 265 g/mol. The molecule has 0 aromatic carbocycles. The van der Waals surface area contributed by atoms with Crippen molar-refractivity contribution in [2.24, 2.45) is 5.92 Å². The summed E-state index contributed by atoms with van der Waals surface area (Å²) in [6.07, 6.45) is 8.02. The predicted octanol–water partition coefficient (Wildman–Crippen LogP) is 1.95. The van der Waals surface area contributed by atoms with Crippen LogP contribution in [0.3, 0.4) is 0 Å². The van der Waals surface area contributed by atoms with Crippen LogP contribution in [0.4, 0.5) is 0 Å². The van der Waals surface area contributed by atoms with Crippen LogP contribution < -0.4 is 5.32 Å². The number of nitrogens with one attached hydrogen (secondary N) is 1. The van der Waals surface area contributed by atoms with Crippen LogP contribution in [0.15, 0.2) is 17.8 Å². The molecule has 1 N–H and O–H groups in total. The van der Waals surface area contributed by atoms with Crippen molar-refractivity contribution < 1.29 is 4.74 Å². The molecule has 3 rings (SSSR count). The lowest BCUT2D eigenvalue weighted by Gasteiger charge is -2.25. The van der Waals surface area contributed by atoms with Crippen molar-refractivity contribution in [2.75, 3.05) is 14.2 Å². The van der Waals surface area contributed by atoms with Crippen LogP contribution in [0.1, 0.15) is 18.5 Å². The summed E-state index contributed by atoms with van der Waals surface area (Å²) in [5.74, 6) is 0.733. The highest BCUT2D eigenvalue weighted by Crippen LogP contribution is 2.36. The van der Waals surface area contributed by atoms with Gasteiger partial charge in [-0.3, -0.25) is 4.40 Å². The number of hydrogen-bond donors (Lipinski definition) is 1. The summed E-state index contributed by atoms with van der Waals surface area (Å²) in [6.45, 7) is 0. The number of aromatic nitrogens is 2. The number of imidazole rings is 1. The summed E-state index contributed by atoms with van der Waals surface area (Å²) >= 11 is 1.68. The number of likely N-dealkylation sites (N-methyl/N-ethyl adjacent to an activating group) is 1. The standard InChI is InChI=1S/C13H19N3OS/c1-14-11(12(17-2)9-3-4-9)7-10-8-16-5-6-18-13(16)15-10/h5-6,8-9,11-12,14H,3-4,7H2,1-2H3. The Labute approximate surface area is 111 Å². The van der Waals surface area contributed by atoms with Crippen LogP contribution in [-0.2, 0) is 11.2 Å². The van der Waals surface area contributed by atoms with Gasteiger partial charge < -0.3 is 10.1 Å². The van der Waals surface area contributed by atoms with E-state index in [4.69, 9.17) is 4.74 Å². The Kier molecular flexibility index (Phi) is 3.37. The predicted molar refractivity (Wildman–Crippen MR) is 73.1 cm³/mol. The van der Waals surface area contributed by atoms with E-state index in [1.807, 2.05) is 14.2 Å². The summed E-state index contributed by atoms with van der Waals surface area (Å²) in [5.41, 5.74) is 1.14. The van der Waals surface area contributed by atoms with E-state index in [9.17, 15) is 0 Å². The van der Waals surface area contributed by atoms with Gasteiger partial charge in [0.1, 0.15) is 0 Å². The molecule has 0 spiro atoms. The van der Waals surface area contributed by atoms with Gasteiger partial charge in [0.25, 0.3) is 0 Å². The first-order valence-electron chi connectivity index (χ1n) is 6.43. The third-order valence-corrected chi connectivity index (χ3v) is 4.47. The second kappa shape index (κ2) is 4.99. The van der Waals surface area contributed by atoms with Gasteiger partial charge >= 0.3 is 0 Å². The molecule has 0 saturated heterocycles. The Hall–Kier alpha value is -0.910. The summed E-state index contributed by atoms with van der Waals surface area (Å²) in [5, 5.41) is 5.45. The summed E-state index contributed by atoms with van der Waals surface area (Å²) in [6, 6.07) is 0.354. The monoisotopic (exact) mass is 265 g/mol. The van der Waals surface area contributed by atoms with Gasteiger partial charge in [-0.15, -0.1) is 11.3 Å². The molecule has 1 fully saturated rings. The van der Waals surface area contributed by atoms with E-state index in [1.54, 1.807) is 11.3 Å². The Bertz CT molecular complexity index is 489. The minimum atomic E-state index is 0.315. The average Bonchev–Trinajstić information content (AvgIpc) is 2.98. The van der Waals surface area contributed by atoms with Crippen LogP contribution in [0.5, 0.6) is 0 Å². The molecule has 1 saturated carbocycles. The molecule has 0 amide bonds. The molecule has 1 aliphatic carbocycles. The van der Waals surface area contributed by atoms with Crippen molar-refractivity contribution >= 4 is 16.3 Å². The van der Waals surface area contributed by atoms with Crippen molar-refractivity contribution in [2.45, 2.75) is 31.4 Å². The van der Waals surface area contributed by atoms with Crippen LogP contribution in [0.2, 0.25) is 0 Å². The highest BCUT2D eigenvalue weighted by Gasteiger charge is 2.36. The van der Waals surface area contributed by atoms with E-state index in [0.29, 0.717) is 12.1 Å². The van der Waals surface area contributed by atoms with Gasteiger partial charge in [-0.2, -0.15) is 0 Å². The molecule has 1 aliphatic rings. The second-order valence-corrected chi connectivity index (χ2v) is 5.84. The minimum absolute atomic E-state index is 0.315. The van der Waals surface area contributed by atoms with E-state index in [-0.39, 0.29) is 0 Å². The highest BCUT2D eigenvalue weighted by atomic mass is 32.1. The van der Waals surface area contributed by atoms with Crippen molar-refractivity contribution in [1.29, 1.82) is 0 Å². The van der Waals surface area contributed by atoms with Gasteiger partial charge in [-0.25, -0.2) is 4.98 Å². The zero-order valence-corrected chi connectivity index (χ0v) is 11.6. The molecule has 0 aliphatic heterocycles. The first-order valence-corrected chi connectivity index (χ1v) is 7.31. The van der Waals surface area contributed by atoms with Crippen LogP contribution >= 0.6 is 11.3 Å². The molecule has 2 aromatic heterocycles. The summed E-state index contributed by atoms with van der Waals surface area (Å²) in [7, 11) is 3.83. The van der Waals surface area contributed by atoms with Gasteiger partial charge in [0, 0.05) is 37.3 Å². The Morgan fingerprint density at radius 2 is 2.44 bits per heavy atom. The number of hydrogen-bond acceptors (Lipinski definition) is 4. The fourth-order valence-electron chi connectivity index (χ4n) is 2.59. The molecule has 18 heavy (non-hydrogen) atoms. The van der Waals surface area contributed by atoms with Gasteiger partial charge in [0.05, 0.1) is 11.8 Å². The number of fused-ring (bicyclic) bond motifs is 1. The van der Waals surface area contributed by atoms with E-state index < -0.39 is 0 Å². The second-order valence-electron chi connectivity index (χ2n) is 4.96. The molecule has 2 atom stereocenters. The molecule has 98 valence electrons. The number of rotatable bonds is 6. The van der Waals surface area contributed by atoms with Crippen LogP contribution in [0.25, 0.3) is 4.96 Å². The lowest BCUT2D eigenvalue weighted by atomic mass is 10.0. The van der Waals surface area contributed by atoms with Crippen LogP contribution in [-0.4, -0.2) is 35.7 Å². The minimum Gasteiger partial charge on any atom is -0.380 e. The maximum absolute atomic E-state index is 5.66. The molecular formula is C13H19N3OS. The zero-order chi connectivity index (χ0) is 12.5. The molecule has 4 nitrogen and oxygen atoms in total. The number of nitrogens with zero attached hydrogens (tertiary/aromatic N) is 2. The first kappa shape index (κ1) is 12.1. The fourth-order valence-corrected chi connectivity index (χ4v) is 3.31. The van der Waals surface area contributed by atoms with Gasteiger partial charge in [-0.05, 0) is 25.8 Å². The lowest BCUT2D eigenvalue weighted by Crippen LogP contribution is -2.42. The first-order chi connectivity index (χ1) is 8.81. The normalized spacial score (nSPS) is 19.2. The largest absolute Gasteiger partial charge is 0.380 e. The van der Waals surface area contributed by atoms with E-state index in [2.05, 4.69) is 32.5 Å².